The highest BCUT2D eigenvalue weighted by Gasteiger charge is 2.32. The third-order valence-corrected chi connectivity index (χ3v) is 6.57. The molecule has 3 N–H and O–H groups in total. The van der Waals surface area contributed by atoms with Crippen molar-refractivity contribution in [2.45, 2.75) is 64.5 Å². The molecule has 7 heteroatoms. The molecule has 2 amide bonds. The smallest absolute Gasteiger partial charge is 0.407 e. The van der Waals surface area contributed by atoms with Crippen molar-refractivity contribution >= 4 is 18.0 Å². The molecule has 3 atom stereocenters. The minimum atomic E-state index is -1.08. The van der Waals surface area contributed by atoms with Crippen LogP contribution < -0.4 is 10.6 Å². The van der Waals surface area contributed by atoms with Gasteiger partial charge in [0.15, 0.2) is 0 Å². The van der Waals surface area contributed by atoms with Crippen LogP contribution in [0.4, 0.5) is 4.79 Å². The molecule has 2 aromatic carbocycles. The largest absolute Gasteiger partial charge is 0.480 e. The fourth-order valence-electron chi connectivity index (χ4n) is 4.40. The highest BCUT2D eigenvalue weighted by molar-refractivity contribution is 5.89. The van der Waals surface area contributed by atoms with Crippen molar-refractivity contribution in [1.29, 1.82) is 0 Å². The van der Waals surface area contributed by atoms with Crippen molar-refractivity contribution in [3.63, 3.8) is 0 Å². The second-order valence-electron chi connectivity index (χ2n) is 8.87. The van der Waals surface area contributed by atoms with Gasteiger partial charge in [0, 0.05) is 5.92 Å². The number of fused-ring (bicyclic) bond motifs is 3. The Hall–Kier alpha value is -3.35. The van der Waals surface area contributed by atoms with E-state index in [9.17, 15) is 19.5 Å². The summed E-state index contributed by atoms with van der Waals surface area (Å²) in [5, 5.41) is 14.7. The van der Waals surface area contributed by atoms with Crippen LogP contribution in [-0.2, 0) is 14.3 Å². The predicted molar refractivity (Wildman–Crippen MR) is 131 cm³/mol. The molecule has 3 rings (SSSR count). The summed E-state index contributed by atoms with van der Waals surface area (Å²) in [6, 6.07) is 14.3. The third kappa shape index (κ3) is 5.76. The summed E-state index contributed by atoms with van der Waals surface area (Å²) >= 11 is 0. The van der Waals surface area contributed by atoms with E-state index in [1.807, 2.05) is 57.2 Å². The fourth-order valence-corrected chi connectivity index (χ4v) is 4.40. The third-order valence-electron chi connectivity index (χ3n) is 6.57. The summed E-state index contributed by atoms with van der Waals surface area (Å²) in [6.07, 6.45) is 1.80. The van der Waals surface area contributed by atoms with Gasteiger partial charge in [-0.05, 0) is 34.6 Å². The van der Waals surface area contributed by atoms with Crippen LogP contribution in [-0.4, -0.2) is 41.8 Å². The number of rotatable bonds is 11. The van der Waals surface area contributed by atoms with E-state index in [0.29, 0.717) is 19.3 Å². The van der Waals surface area contributed by atoms with Gasteiger partial charge in [0.1, 0.15) is 18.7 Å². The fraction of sp³-hybridized carbons (Fsp3) is 0.444. The Kier molecular flexibility index (Phi) is 8.68. The number of ether oxygens (including phenoxy) is 1. The van der Waals surface area contributed by atoms with Crippen LogP contribution in [0.5, 0.6) is 0 Å². The van der Waals surface area contributed by atoms with Crippen LogP contribution in [0.3, 0.4) is 0 Å². The number of carboxylic acid groups (broad SMARTS) is 1. The number of carbonyl (C=O) groups excluding carboxylic acids is 2. The van der Waals surface area contributed by atoms with Crippen molar-refractivity contribution in [2.24, 2.45) is 5.92 Å². The Bertz CT molecular complexity index is 976. The average molecular weight is 467 g/mol. The number of aliphatic carboxylic acids is 1. The first-order chi connectivity index (χ1) is 16.4. The zero-order chi connectivity index (χ0) is 24.7. The molecule has 34 heavy (non-hydrogen) atoms. The lowest BCUT2D eigenvalue weighted by molar-refractivity contribution is -0.142. The first kappa shape index (κ1) is 25.3. The molecule has 0 saturated carbocycles. The number of alkyl carbamates (subject to hydrolysis) is 1. The summed E-state index contributed by atoms with van der Waals surface area (Å²) in [7, 11) is 0. The molecular weight excluding hydrogens is 432 g/mol. The summed E-state index contributed by atoms with van der Waals surface area (Å²) in [4.78, 5) is 37.2. The van der Waals surface area contributed by atoms with Crippen molar-refractivity contribution in [3.8, 4) is 11.1 Å². The topological polar surface area (TPSA) is 105 Å². The van der Waals surface area contributed by atoms with Crippen LogP contribution in [0.2, 0.25) is 0 Å². The summed E-state index contributed by atoms with van der Waals surface area (Å²) in [5.74, 6) is -1.86. The number of carbonyl (C=O) groups is 3. The van der Waals surface area contributed by atoms with Crippen LogP contribution >= 0.6 is 0 Å². The monoisotopic (exact) mass is 466 g/mol. The maximum Gasteiger partial charge on any atom is 0.407 e. The number of unbranched alkanes of at least 4 members (excludes halogenated alkanes) is 1. The van der Waals surface area contributed by atoms with E-state index >= 15 is 0 Å². The van der Waals surface area contributed by atoms with Gasteiger partial charge in [0.05, 0.1) is 0 Å². The summed E-state index contributed by atoms with van der Waals surface area (Å²) < 4.78 is 5.59. The van der Waals surface area contributed by atoms with Gasteiger partial charge in [-0.25, -0.2) is 9.59 Å². The number of hydrogen-bond acceptors (Lipinski definition) is 4. The van der Waals surface area contributed by atoms with E-state index in [0.717, 1.165) is 28.7 Å². The first-order valence-electron chi connectivity index (χ1n) is 12.0. The molecule has 3 unspecified atom stereocenters. The van der Waals surface area contributed by atoms with E-state index in [4.69, 9.17) is 4.74 Å². The Morgan fingerprint density at radius 2 is 1.56 bits per heavy atom. The lowest BCUT2D eigenvalue weighted by atomic mass is 9.97. The molecule has 0 radical (unpaired) electrons. The number of carboxylic acids is 1. The summed E-state index contributed by atoms with van der Waals surface area (Å²) in [6.45, 7) is 5.86. The average Bonchev–Trinajstić information content (AvgIpc) is 3.16. The van der Waals surface area contributed by atoms with Crippen LogP contribution in [0.1, 0.15) is 63.5 Å². The van der Waals surface area contributed by atoms with Crippen molar-refractivity contribution in [1.82, 2.24) is 10.6 Å². The number of benzene rings is 2. The molecule has 0 aliphatic heterocycles. The van der Waals surface area contributed by atoms with Gasteiger partial charge in [-0.2, -0.15) is 0 Å². The molecule has 0 aromatic heterocycles. The Morgan fingerprint density at radius 3 is 2.09 bits per heavy atom. The zero-order valence-corrected chi connectivity index (χ0v) is 20.0. The Labute approximate surface area is 200 Å². The molecule has 7 nitrogen and oxygen atoms in total. The van der Waals surface area contributed by atoms with Gasteiger partial charge in [-0.15, -0.1) is 0 Å². The molecular formula is C27H34N2O5. The van der Waals surface area contributed by atoms with Crippen molar-refractivity contribution in [3.05, 3.63) is 59.7 Å². The molecule has 182 valence electrons. The molecule has 0 fully saturated rings. The van der Waals surface area contributed by atoms with Gasteiger partial charge < -0.3 is 20.5 Å². The minimum absolute atomic E-state index is 0.0838. The molecule has 0 saturated heterocycles. The lowest BCUT2D eigenvalue weighted by Gasteiger charge is -2.25. The second kappa shape index (κ2) is 11.7. The van der Waals surface area contributed by atoms with Crippen LogP contribution in [0.15, 0.2) is 48.5 Å². The summed E-state index contributed by atoms with van der Waals surface area (Å²) in [5.41, 5.74) is 4.48. The van der Waals surface area contributed by atoms with Gasteiger partial charge in [0.2, 0.25) is 5.91 Å². The van der Waals surface area contributed by atoms with E-state index < -0.39 is 30.1 Å². The molecule has 2 aromatic rings. The van der Waals surface area contributed by atoms with E-state index in [1.54, 1.807) is 0 Å². The van der Waals surface area contributed by atoms with E-state index in [2.05, 4.69) is 22.8 Å². The molecule has 1 aliphatic carbocycles. The molecule has 0 heterocycles. The SMILES string of the molecule is CCCCC(NC(=O)C(NC(=O)OCC1c2ccccc2-c2ccccc21)C(C)CC)C(=O)O. The molecule has 0 spiro atoms. The Morgan fingerprint density at radius 1 is 0.971 bits per heavy atom. The quantitative estimate of drug-likeness (QED) is 0.445. The van der Waals surface area contributed by atoms with Crippen molar-refractivity contribution in [2.75, 3.05) is 6.61 Å². The highest BCUT2D eigenvalue weighted by Crippen LogP contribution is 2.44. The van der Waals surface area contributed by atoms with Gasteiger partial charge in [0.25, 0.3) is 0 Å². The van der Waals surface area contributed by atoms with Crippen LogP contribution in [0, 0.1) is 5.92 Å². The lowest BCUT2D eigenvalue weighted by Crippen LogP contribution is -2.54. The van der Waals surface area contributed by atoms with E-state index in [-0.39, 0.29) is 18.4 Å². The van der Waals surface area contributed by atoms with Gasteiger partial charge >= 0.3 is 12.1 Å². The standard InChI is InChI=1S/C27H34N2O5/c1-4-6-15-23(26(31)32)28-25(30)24(17(3)5-2)29-27(33)34-16-22-20-13-9-7-11-18(20)19-12-8-10-14-21(19)22/h7-14,17,22-24H,4-6,15-16H2,1-3H3,(H,28,30)(H,29,33)(H,31,32). The van der Waals surface area contributed by atoms with Gasteiger partial charge in [-0.3, -0.25) is 4.79 Å². The Balaban J connectivity index is 1.66. The highest BCUT2D eigenvalue weighted by atomic mass is 16.5. The predicted octanol–water partition coefficient (Wildman–Crippen LogP) is 4.70. The maximum atomic E-state index is 12.9. The number of nitrogens with one attached hydrogen (secondary N) is 2. The normalized spacial score (nSPS) is 14.9. The zero-order valence-electron chi connectivity index (χ0n) is 20.0. The number of hydrogen-bond donors (Lipinski definition) is 3. The van der Waals surface area contributed by atoms with Crippen LogP contribution in [0.25, 0.3) is 11.1 Å². The maximum absolute atomic E-state index is 12.9. The van der Waals surface area contributed by atoms with Crippen molar-refractivity contribution < 1.29 is 24.2 Å². The minimum Gasteiger partial charge on any atom is -0.480 e. The molecule has 1 aliphatic rings. The van der Waals surface area contributed by atoms with Gasteiger partial charge in [-0.1, -0.05) is 88.6 Å². The first-order valence-corrected chi connectivity index (χ1v) is 12.0. The second-order valence-corrected chi connectivity index (χ2v) is 8.87. The number of amides is 2. The van der Waals surface area contributed by atoms with E-state index in [1.165, 1.54) is 0 Å². The molecule has 0 bridgehead atoms.